The number of azo groups is 1. The number of hydrogen-bond donors (Lipinski definition) is 3. The van der Waals surface area contributed by atoms with Crippen LogP contribution >= 0.6 is 0 Å². The molecule has 0 fully saturated rings. The lowest BCUT2D eigenvalue weighted by Crippen LogP contribution is -2.24. The van der Waals surface area contributed by atoms with Crippen molar-refractivity contribution < 1.29 is 15.0 Å². The van der Waals surface area contributed by atoms with Crippen LogP contribution in [0.4, 0.5) is 11.4 Å². The van der Waals surface area contributed by atoms with E-state index in [1.165, 1.54) is 12.1 Å². The third kappa shape index (κ3) is 4.55. The first-order chi connectivity index (χ1) is 11.5. The van der Waals surface area contributed by atoms with Gasteiger partial charge in [0.05, 0.1) is 11.3 Å². The molecule has 6 heteroatoms. The molecule has 3 N–H and O–H groups in total. The van der Waals surface area contributed by atoms with E-state index in [-0.39, 0.29) is 23.0 Å². The molecule has 0 atom stereocenters. The number of phenols is 2. The van der Waals surface area contributed by atoms with Crippen LogP contribution in [-0.2, 0) is 0 Å². The Morgan fingerprint density at radius 3 is 2.58 bits per heavy atom. The molecule has 2 rings (SSSR count). The van der Waals surface area contributed by atoms with Gasteiger partial charge in [-0.1, -0.05) is 19.4 Å². The summed E-state index contributed by atoms with van der Waals surface area (Å²) in [6.45, 7) is 4.47. The molecule has 0 radical (unpaired) electrons. The van der Waals surface area contributed by atoms with E-state index >= 15 is 0 Å². The maximum Gasteiger partial charge on any atom is 0.255 e. The van der Waals surface area contributed by atoms with Crippen LogP contribution in [0.2, 0.25) is 0 Å². The van der Waals surface area contributed by atoms with Crippen LogP contribution in [0.15, 0.2) is 46.6 Å². The van der Waals surface area contributed by atoms with Gasteiger partial charge in [-0.15, -0.1) is 5.11 Å². The van der Waals surface area contributed by atoms with Gasteiger partial charge >= 0.3 is 0 Å². The molecule has 2 aromatic carbocycles. The number of nitrogens with one attached hydrogen (secondary N) is 1. The molecule has 0 aliphatic rings. The van der Waals surface area contributed by atoms with Gasteiger partial charge in [-0.3, -0.25) is 4.79 Å². The Labute approximate surface area is 140 Å². The van der Waals surface area contributed by atoms with Crippen molar-refractivity contribution >= 4 is 17.3 Å². The molecule has 0 heterocycles. The molecular weight excluding hydrogens is 306 g/mol. The Hall–Kier alpha value is -2.89. The average molecular weight is 327 g/mol. The van der Waals surface area contributed by atoms with Gasteiger partial charge < -0.3 is 15.5 Å². The van der Waals surface area contributed by atoms with E-state index in [2.05, 4.69) is 15.5 Å². The summed E-state index contributed by atoms with van der Waals surface area (Å²) in [7, 11) is 0. The van der Waals surface area contributed by atoms with Crippen molar-refractivity contribution in [2.75, 3.05) is 6.54 Å². The fourth-order valence-electron chi connectivity index (χ4n) is 2.07. The van der Waals surface area contributed by atoms with Crippen molar-refractivity contribution in [3.8, 4) is 11.5 Å². The monoisotopic (exact) mass is 327 g/mol. The smallest absolute Gasteiger partial charge is 0.255 e. The molecule has 0 bridgehead atoms. The lowest BCUT2D eigenvalue weighted by atomic mass is 10.1. The number of carbonyl (C=O) groups excluding carboxylic acids is 1. The predicted molar refractivity (Wildman–Crippen MR) is 92.4 cm³/mol. The number of aryl methyl sites for hydroxylation is 1. The molecule has 0 spiro atoms. The number of aromatic hydroxyl groups is 2. The van der Waals surface area contributed by atoms with Gasteiger partial charge in [-0.05, 0) is 49.2 Å². The first-order valence-electron chi connectivity index (χ1n) is 7.84. The zero-order valence-corrected chi connectivity index (χ0v) is 13.8. The maximum absolute atomic E-state index is 12.1. The molecule has 126 valence electrons. The lowest BCUT2D eigenvalue weighted by Gasteiger charge is -2.06. The molecule has 2 aromatic rings. The second kappa shape index (κ2) is 8.10. The molecule has 0 aliphatic carbocycles. The van der Waals surface area contributed by atoms with Gasteiger partial charge in [0, 0.05) is 6.54 Å². The van der Waals surface area contributed by atoms with E-state index in [4.69, 9.17) is 0 Å². The van der Waals surface area contributed by atoms with Gasteiger partial charge in [-0.25, -0.2) is 0 Å². The zero-order valence-electron chi connectivity index (χ0n) is 13.8. The van der Waals surface area contributed by atoms with Crippen molar-refractivity contribution in [1.29, 1.82) is 0 Å². The summed E-state index contributed by atoms with van der Waals surface area (Å²) in [5.41, 5.74) is 1.85. The Morgan fingerprint density at radius 2 is 1.83 bits per heavy atom. The highest BCUT2D eigenvalue weighted by Crippen LogP contribution is 2.30. The number of amides is 1. The largest absolute Gasteiger partial charge is 0.507 e. The van der Waals surface area contributed by atoms with E-state index < -0.39 is 0 Å². The van der Waals surface area contributed by atoms with Crippen LogP contribution in [0.1, 0.15) is 35.7 Å². The van der Waals surface area contributed by atoms with E-state index in [0.717, 1.165) is 18.4 Å². The minimum Gasteiger partial charge on any atom is -0.507 e. The summed E-state index contributed by atoms with van der Waals surface area (Å²) in [6.07, 6.45) is 1.85. The van der Waals surface area contributed by atoms with Crippen molar-refractivity contribution in [2.45, 2.75) is 26.7 Å². The summed E-state index contributed by atoms with van der Waals surface area (Å²) >= 11 is 0. The number of rotatable bonds is 6. The highest BCUT2D eigenvalue weighted by atomic mass is 16.3. The number of hydrogen-bond acceptors (Lipinski definition) is 5. The van der Waals surface area contributed by atoms with E-state index in [1.807, 2.05) is 13.8 Å². The number of carbonyl (C=O) groups is 1. The zero-order chi connectivity index (χ0) is 17.5. The molecule has 0 aliphatic heterocycles. The highest BCUT2D eigenvalue weighted by Gasteiger charge is 2.11. The number of phenolic OH excluding ortho intramolecular Hbond substituents is 2. The lowest BCUT2D eigenvalue weighted by molar-refractivity contribution is 0.0950. The summed E-state index contributed by atoms with van der Waals surface area (Å²) in [5.74, 6) is -0.432. The Balaban J connectivity index is 2.19. The molecule has 24 heavy (non-hydrogen) atoms. The minimum atomic E-state index is -0.351. The van der Waals surface area contributed by atoms with Crippen molar-refractivity contribution in [3.05, 3.63) is 47.5 Å². The van der Waals surface area contributed by atoms with E-state index in [9.17, 15) is 15.0 Å². The third-order valence-corrected chi connectivity index (χ3v) is 3.44. The normalized spacial score (nSPS) is 10.9. The van der Waals surface area contributed by atoms with Gasteiger partial charge in [0.15, 0.2) is 0 Å². The molecule has 0 unspecified atom stereocenters. The van der Waals surface area contributed by atoms with Crippen LogP contribution < -0.4 is 5.32 Å². The summed E-state index contributed by atoms with van der Waals surface area (Å²) < 4.78 is 0. The van der Waals surface area contributed by atoms with Crippen LogP contribution in [0, 0.1) is 6.92 Å². The van der Waals surface area contributed by atoms with E-state index in [0.29, 0.717) is 17.9 Å². The van der Waals surface area contributed by atoms with Crippen LogP contribution in [0.3, 0.4) is 0 Å². The SMILES string of the molecule is CCCCNC(=O)c1cc(N=Nc2cc(C)ccc2O)ccc1O. The maximum atomic E-state index is 12.1. The Morgan fingerprint density at radius 1 is 1.08 bits per heavy atom. The molecular formula is C18H21N3O3. The van der Waals surface area contributed by atoms with Crippen molar-refractivity contribution in [1.82, 2.24) is 5.32 Å². The fourth-order valence-corrected chi connectivity index (χ4v) is 2.07. The number of nitrogens with zero attached hydrogens (tertiary/aromatic N) is 2. The summed E-state index contributed by atoms with van der Waals surface area (Å²) in [6, 6.07) is 9.44. The molecule has 1 amide bonds. The fraction of sp³-hybridized carbons (Fsp3) is 0.278. The second-order valence-electron chi connectivity index (χ2n) is 5.50. The van der Waals surface area contributed by atoms with Gasteiger partial charge in [0.2, 0.25) is 0 Å². The third-order valence-electron chi connectivity index (χ3n) is 3.44. The van der Waals surface area contributed by atoms with Crippen LogP contribution in [-0.4, -0.2) is 22.7 Å². The Bertz CT molecular complexity index is 757. The molecule has 0 saturated carbocycles. The quantitative estimate of drug-likeness (QED) is 0.543. The van der Waals surface area contributed by atoms with Gasteiger partial charge in [0.1, 0.15) is 17.2 Å². The molecule has 6 nitrogen and oxygen atoms in total. The summed E-state index contributed by atoms with van der Waals surface area (Å²) in [5, 5.41) is 30.4. The topological polar surface area (TPSA) is 94.3 Å². The van der Waals surface area contributed by atoms with Gasteiger partial charge in [-0.2, -0.15) is 5.11 Å². The van der Waals surface area contributed by atoms with Gasteiger partial charge in [0.25, 0.3) is 5.91 Å². The molecule has 0 saturated heterocycles. The average Bonchev–Trinajstić information content (AvgIpc) is 2.57. The number of benzene rings is 2. The van der Waals surface area contributed by atoms with Crippen molar-refractivity contribution in [3.63, 3.8) is 0 Å². The predicted octanol–water partition coefficient (Wildman–Crippen LogP) is 4.35. The number of unbranched alkanes of at least 4 members (excludes halogenated alkanes) is 1. The first-order valence-corrected chi connectivity index (χ1v) is 7.84. The second-order valence-corrected chi connectivity index (χ2v) is 5.50. The summed E-state index contributed by atoms with van der Waals surface area (Å²) in [4.78, 5) is 12.1. The van der Waals surface area contributed by atoms with Crippen molar-refractivity contribution in [2.24, 2.45) is 10.2 Å². The van der Waals surface area contributed by atoms with Crippen LogP contribution in [0.25, 0.3) is 0 Å². The van der Waals surface area contributed by atoms with Crippen LogP contribution in [0.5, 0.6) is 11.5 Å². The standard InChI is InChI=1S/C18H21N3O3/c1-3-4-9-19-18(24)14-11-13(6-8-16(14)22)20-21-15-10-12(2)5-7-17(15)23/h5-8,10-11,22-23H,3-4,9H2,1-2H3,(H,19,24). The Kier molecular flexibility index (Phi) is 5.89. The highest BCUT2D eigenvalue weighted by molar-refractivity contribution is 5.97. The minimum absolute atomic E-state index is 0.0284. The molecule has 0 aromatic heterocycles. The first kappa shape index (κ1) is 17.5. The van der Waals surface area contributed by atoms with E-state index in [1.54, 1.807) is 24.3 Å².